The molecule has 3 aromatic carbocycles. The van der Waals surface area contributed by atoms with Gasteiger partial charge in [0.1, 0.15) is 5.82 Å². The maximum atomic E-state index is 4.88. The molecule has 35 heavy (non-hydrogen) atoms. The zero-order chi connectivity index (χ0) is 22.7. The van der Waals surface area contributed by atoms with Gasteiger partial charge < -0.3 is 0 Å². The van der Waals surface area contributed by atoms with Crippen molar-refractivity contribution in [3.63, 3.8) is 0 Å². The molecule has 3 heteroatoms. The molecule has 0 radical (unpaired) electrons. The first-order valence-corrected chi connectivity index (χ1v) is 12.4. The summed E-state index contributed by atoms with van der Waals surface area (Å²) in [5.74, 6) is 1.07. The Morgan fingerprint density at radius 3 is 2.40 bits per heavy atom. The van der Waals surface area contributed by atoms with Gasteiger partial charge in [-0.1, -0.05) is 48.5 Å². The highest BCUT2D eigenvalue weighted by molar-refractivity contribution is 6.00. The summed E-state index contributed by atoms with van der Waals surface area (Å²) in [5.41, 5.74) is 19.7. The van der Waals surface area contributed by atoms with E-state index in [1.54, 1.807) is 0 Å². The number of benzene rings is 3. The van der Waals surface area contributed by atoms with Gasteiger partial charge in [-0.25, -0.2) is 4.98 Å². The number of anilines is 3. The molecule has 0 bridgehead atoms. The van der Waals surface area contributed by atoms with Gasteiger partial charge in [0.05, 0.1) is 11.4 Å². The minimum absolute atomic E-state index is 0.915. The second-order valence-electron chi connectivity index (χ2n) is 10.2. The summed E-state index contributed by atoms with van der Waals surface area (Å²) in [5, 5.41) is 0. The van der Waals surface area contributed by atoms with Crippen molar-refractivity contribution < 1.29 is 0 Å². The Morgan fingerprint density at radius 2 is 1.43 bits per heavy atom. The first kappa shape index (κ1) is 18.1. The monoisotopic (exact) mass is 447 g/mol. The number of aromatic nitrogens is 2. The molecule has 2 aliphatic carbocycles. The number of hydrogen-bond acceptors (Lipinski definition) is 3. The topological polar surface area (TPSA) is 29.0 Å². The standard InChI is InChI=1S/C32H21N3/c1-2-6-25-18(4-1)12-19-7-8-20-13-22-15-23-14-21-5-3-10-34-32(21)35-27-9-11-33-17-24(27)16-26(31(23)35)29(22)30(20)28(19)25/h1-11,15,17H,12-14,16H2. The fourth-order valence-corrected chi connectivity index (χ4v) is 7.08. The van der Waals surface area contributed by atoms with Crippen molar-refractivity contribution in [1.29, 1.82) is 0 Å². The van der Waals surface area contributed by atoms with Crippen LogP contribution in [0.1, 0.15) is 44.5 Å². The van der Waals surface area contributed by atoms with Gasteiger partial charge in [0.25, 0.3) is 0 Å². The highest BCUT2D eigenvalue weighted by Crippen LogP contribution is 2.57. The van der Waals surface area contributed by atoms with E-state index < -0.39 is 0 Å². The van der Waals surface area contributed by atoms with Crippen LogP contribution < -0.4 is 4.90 Å². The van der Waals surface area contributed by atoms with Crippen LogP contribution >= 0.6 is 0 Å². The average molecular weight is 448 g/mol. The first-order valence-electron chi connectivity index (χ1n) is 12.4. The SMILES string of the molecule is c1ccc2c(c1)Cc1ccc3c(c1-2)-c1c(cc2c4c1Cc1cnccc1N4c1ncccc1C2)C3. The fourth-order valence-electron chi connectivity index (χ4n) is 7.08. The Balaban J connectivity index is 1.38. The largest absolute Gasteiger partial charge is 0.294 e. The maximum absolute atomic E-state index is 4.88. The summed E-state index contributed by atoms with van der Waals surface area (Å²) in [6.45, 7) is 0. The van der Waals surface area contributed by atoms with Crippen LogP contribution in [0.25, 0.3) is 22.3 Å². The average Bonchev–Trinajstić information content (AvgIpc) is 3.46. The molecule has 0 atom stereocenters. The molecule has 2 aliphatic heterocycles. The minimum Gasteiger partial charge on any atom is -0.294 e. The first-order chi connectivity index (χ1) is 17.3. The van der Waals surface area contributed by atoms with E-state index in [0.717, 1.165) is 31.5 Å². The lowest BCUT2D eigenvalue weighted by Gasteiger charge is -2.39. The van der Waals surface area contributed by atoms with Gasteiger partial charge in [-0.3, -0.25) is 9.88 Å². The van der Waals surface area contributed by atoms with Crippen LogP contribution in [0.2, 0.25) is 0 Å². The van der Waals surface area contributed by atoms with Crippen molar-refractivity contribution >= 4 is 17.2 Å². The second-order valence-corrected chi connectivity index (χ2v) is 10.2. The molecule has 3 nitrogen and oxygen atoms in total. The Morgan fingerprint density at radius 1 is 0.600 bits per heavy atom. The van der Waals surface area contributed by atoms with Gasteiger partial charge >= 0.3 is 0 Å². The highest BCUT2D eigenvalue weighted by Gasteiger charge is 2.38. The molecular formula is C32H21N3. The molecule has 4 aliphatic rings. The van der Waals surface area contributed by atoms with Crippen LogP contribution in [0.4, 0.5) is 17.2 Å². The summed E-state index contributed by atoms with van der Waals surface area (Å²) in [6, 6.07) is 22.7. The van der Waals surface area contributed by atoms with Crippen molar-refractivity contribution in [1.82, 2.24) is 9.97 Å². The van der Waals surface area contributed by atoms with E-state index in [-0.39, 0.29) is 0 Å². The van der Waals surface area contributed by atoms with Gasteiger partial charge in [-0.2, -0.15) is 0 Å². The Bertz CT molecular complexity index is 1750. The summed E-state index contributed by atoms with van der Waals surface area (Å²) < 4.78 is 0. The predicted molar refractivity (Wildman–Crippen MR) is 139 cm³/mol. The van der Waals surface area contributed by atoms with E-state index in [0.29, 0.717) is 0 Å². The lowest BCUT2D eigenvalue weighted by molar-refractivity contribution is 0.971. The highest BCUT2D eigenvalue weighted by atomic mass is 15.2. The quantitative estimate of drug-likeness (QED) is 0.253. The van der Waals surface area contributed by atoms with E-state index in [9.17, 15) is 0 Å². The third-order valence-corrected chi connectivity index (χ3v) is 8.41. The van der Waals surface area contributed by atoms with Gasteiger partial charge in [0.15, 0.2) is 0 Å². The van der Waals surface area contributed by atoms with Crippen molar-refractivity contribution in [2.75, 3.05) is 4.90 Å². The van der Waals surface area contributed by atoms with Crippen molar-refractivity contribution in [2.45, 2.75) is 25.7 Å². The van der Waals surface area contributed by atoms with E-state index in [2.05, 4.69) is 76.7 Å². The molecule has 9 rings (SSSR count). The normalized spacial score (nSPS) is 14.9. The Labute approximate surface area is 203 Å². The molecule has 0 spiro atoms. The van der Waals surface area contributed by atoms with E-state index >= 15 is 0 Å². The summed E-state index contributed by atoms with van der Waals surface area (Å²) in [7, 11) is 0. The van der Waals surface area contributed by atoms with Crippen molar-refractivity contribution in [3.05, 3.63) is 124 Å². The number of rotatable bonds is 0. The lowest BCUT2D eigenvalue weighted by Crippen LogP contribution is -2.26. The molecule has 0 saturated carbocycles. The fraction of sp³-hybridized carbons (Fsp3) is 0.125. The van der Waals surface area contributed by atoms with E-state index in [1.165, 1.54) is 78.1 Å². The van der Waals surface area contributed by atoms with Crippen LogP contribution in [0.5, 0.6) is 0 Å². The van der Waals surface area contributed by atoms with Crippen LogP contribution in [0.3, 0.4) is 0 Å². The zero-order valence-corrected chi connectivity index (χ0v) is 19.2. The van der Waals surface area contributed by atoms with Crippen molar-refractivity contribution in [3.8, 4) is 22.3 Å². The smallest absolute Gasteiger partial charge is 0.141 e. The molecule has 164 valence electrons. The van der Waals surface area contributed by atoms with Gasteiger partial charge in [-0.15, -0.1) is 0 Å². The number of fused-ring (bicyclic) bond motifs is 12. The Hall–Kier alpha value is -4.24. The van der Waals surface area contributed by atoms with Gasteiger partial charge in [0, 0.05) is 31.4 Å². The van der Waals surface area contributed by atoms with Crippen molar-refractivity contribution in [2.24, 2.45) is 0 Å². The molecule has 0 amide bonds. The number of hydrogen-bond donors (Lipinski definition) is 0. The molecule has 0 fully saturated rings. The minimum atomic E-state index is 0.915. The third-order valence-electron chi connectivity index (χ3n) is 8.41. The molecule has 0 unspecified atom stereocenters. The third kappa shape index (κ3) is 2.21. The maximum Gasteiger partial charge on any atom is 0.141 e. The predicted octanol–water partition coefficient (Wildman–Crippen LogP) is 6.90. The van der Waals surface area contributed by atoms with Gasteiger partial charge in [-0.05, 0) is 91.7 Å². The molecular weight excluding hydrogens is 426 g/mol. The number of nitrogens with zero attached hydrogens (tertiary/aromatic N) is 3. The summed E-state index contributed by atoms with van der Waals surface area (Å²) in [4.78, 5) is 11.8. The summed E-state index contributed by atoms with van der Waals surface area (Å²) in [6.07, 6.45) is 9.78. The Kier molecular flexibility index (Phi) is 3.24. The lowest BCUT2D eigenvalue weighted by atomic mass is 9.82. The van der Waals surface area contributed by atoms with E-state index in [4.69, 9.17) is 4.98 Å². The van der Waals surface area contributed by atoms with Crippen LogP contribution in [-0.4, -0.2) is 9.97 Å². The van der Waals surface area contributed by atoms with Crippen LogP contribution in [0.15, 0.2) is 79.3 Å². The zero-order valence-electron chi connectivity index (χ0n) is 19.2. The molecule has 2 aromatic heterocycles. The molecule has 0 saturated heterocycles. The summed E-state index contributed by atoms with van der Waals surface area (Å²) >= 11 is 0. The van der Waals surface area contributed by atoms with Crippen LogP contribution in [-0.2, 0) is 25.7 Å². The van der Waals surface area contributed by atoms with Gasteiger partial charge in [0.2, 0.25) is 0 Å². The number of pyridine rings is 2. The molecule has 4 heterocycles. The molecule has 5 aromatic rings. The second kappa shape index (κ2) is 6.25. The molecule has 0 N–H and O–H groups in total. The van der Waals surface area contributed by atoms with E-state index in [1.807, 2.05) is 12.4 Å². The van der Waals surface area contributed by atoms with Crippen LogP contribution in [0, 0.1) is 0 Å².